The number of halogens is 6. The second kappa shape index (κ2) is 22.1. The van der Waals surface area contributed by atoms with Crippen LogP contribution in [-0.4, -0.2) is 78.6 Å². The highest BCUT2D eigenvalue weighted by atomic mass is 79.9. The fourth-order valence-electron chi connectivity index (χ4n) is 7.47. The number of aromatic nitrogens is 2. The zero-order valence-corrected chi connectivity index (χ0v) is 40.5. The van der Waals surface area contributed by atoms with Crippen LogP contribution in [0.3, 0.4) is 0 Å². The second-order valence-corrected chi connectivity index (χ2v) is 19.3. The Balaban J connectivity index is 0.000000195. The molecule has 0 saturated carbocycles. The fourth-order valence-corrected chi connectivity index (χ4v) is 9.50. The average Bonchev–Trinajstić information content (AvgIpc) is 3.93. The van der Waals surface area contributed by atoms with Gasteiger partial charge in [0.25, 0.3) is 15.9 Å². The van der Waals surface area contributed by atoms with Crippen molar-refractivity contribution in [3.05, 3.63) is 168 Å². The summed E-state index contributed by atoms with van der Waals surface area (Å²) in [6, 6.07) is 36.0. The Morgan fingerprint density at radius 2 is 1.46 bits per heavy atom. The minimum absolute atomic E-state index is 0.00515. The van der Waals surface area contributed by atoms with Crippen molar-refractivity contribution >= 4 is 89.9 Å². The highest BCUT2D eigenvalue weighted by molar-refractivity contribution is 9.10. The number of piperidine rings is 1. The molecule has 3 heterocycles. The van der Waals surface area contributed by atoms with Crippen LogP contribution in [0.4, 0.5) is 4.39 Å². The van der Waals surface area contributed by atoms with Gasteiger partial charge < -0.3 is 0 Å². The topological polar surface area (TPSA) is 124 Å². The Kier molecular flexibility index (Phi) is 16.4. The third-order valence-electron chi connectivity index (χ3n) is 10.6. The summed E-state index contributed by atoms with van der Waals surface area (Å²) in [5.74, 6) is -0.420. The van der Waals surface area contributed by atoms with E-state index in [-0.39, 0.29) is 29.2 Å². The van der Waals surface area contributed by atoms with Gasteiger partial charge in [-0.3, -0.25) is 10.2 Å². The molecule has 1 aromatic heterocycles. The number of hydrazone groups is 1. The predicted molar refractivity (Wildman–Crippen MR) is 263 cm³/mol. The Labute approximate surface area is 406 Å². The number of amides is 1. The lowest BCUT2D eigenvalue weighted by molar-refractivity contribution is 0.0743. The summed E-state index contributed by atoms with van der Waals surface area (Å²) in [7, 11) is -4.00. The number of alkyl halides is 1. The maximum absolute atomic E-state index is 13.2. The summed E-state index contributed by atoms with van der Waals surface area (Å²) in [5, 5.41) is 14.9. The maximum Gasteiger partial charge on any atom is 0.286 e. The molecule has 1 fully saturated rings. The molecular weight excluding hydrogens is 997 g/mol. The first-order valence-corrected chi connectivity index (χ1v) is 24.6. The summed E-state index contributed by atoms with van der Waals surface area (Å²) in [5.41, 5.74) is 9.38. The first-order chi connectivity index (χ1) is 31.3. The van der Waals surface area contributed by atoms with E-state index in [9.17, 15) is 17.6 Å². The molecule has 5 aromatic carbocycles. The van der Waals surface area contributed by atoms with Gasteiger partial charge in [0, 0.05) is 49.7 Å². The molecule has 1 amide bonds. The smallest absolute Gasteiger partial charge is 0.283 e. The Morgan fingerprint density at radius 1 is 0.831 bits per heavy atom. The van der Waals surface area contributed by atoms with Gasteiger partial charge in [0.05, 0.1) is 40.1 Å². The van der Waals surface area contributed by atoms with Crippen molar-refractivity contribution in [3.8, 4) is 16.9 Å². The molecule has 2 N–H and O–H groups in total. The molecule has 1 atom stereocenters. The number of nitrogens with one attached hydrogen (secondary N) is 2. The number of hydrogen-bond acceptors (Lipinski definition) is 7. The molecule has 8 rings (SSSR count). The van der Waals surface area contributed by atoms with Crippen molar-refractivity contribution in [2.24, 2.45) is 10.1 Å². The van der Waals surface area contributed by atoms with Gasteiger partial charge in [0.1, 0.15) is 6.67 Å². The van der Waals surface area contributed by atoms with E-state index in [1.807, 2.05) is 84.7 Å². The van der Waals surface area contributed by atoms with Crippen LogP contribution in [0.15, 0.2) is 141 Å². The minimum Gasteiger partial charge on any atom is -0.283 e. The lowest BCUT2D eigenvalue weighted by Crippen LogP contribution is -2.45. The van der Waals surface area contributed by atoms with Gasteiger partial charge in [-0.25, -0.2) is 37.2 Å². The molecule has 338 valence electrons. The normalized spacial score (nSPS) is 15.6. The number of carbonyl (C=O) groups is 1. The third-order valence-corrected chi connectivity index (χ3v) is 13.5. The van der Waals surface area contributed by atoms with Crippen LogP contribution in [0.1, 0.15) is 59.3 Å². The average molecular weight is 1040 g/mol. The van der Waals surface area contributed by atoms with E-state index in [0.29, 0.717) is 44.4 Å². The predicted octanol–water partition coefficient (Wildman–Crippen LogP) is 11.4. The molecule has 1 unspecified atom stereocenters. The second-order valence-electron chi connectivity index (χ2n) is 15.0. The molecule has 65 heavy (non-hydrogen) atoms. The number of sulfonamides is 1. The standard InChI is InChI=1S/C24H21Cl2FN4O2S.C23H23BrCl2N4O/c25-19-8-6-18(7-9-19)23-22(17-4-2-1-3-5-17)16-31(29-23)24(28-15-14-27)30-34(32,33)21-12-10-20(26)11-13-21;1-2-18-21(23(31)28-29-12-4-3-5-13-29)27-30(20-11-10-17(25)14-19(20)26)22(18)15-6-8-16(24)9-7-15/h1-13,22H,14-16H2,(H,28,30);6-11,14H,2-5,12-13H2,1H3,(H,28,31). The zero-order valence-electron chi connectivity index (χ0n) is 35.1. The summed E-state index contributed by atoms with van der Waals surface area (Å²) in [6.45, 7) is 3.11. The van der Waals surface area contributed by atoms with Crippen molar-refractivity contribution in [2.45, 2.75) is 43.4 Å². The number of carbonyl (C=O) groups excluding carboxylic acids is 1. The van der Waals surface area contributed by atoms with Crippen LogP contribution in [0.25, 0.3) is 16.9 Å². The highest BCUT2D eigenvalue weighted by Gasteiger charge is 2.33. The van der Waals surface area contributed by atoms with Crippen LogP contribution in [0, 0.1) is 0 Å². The molecular formula is C47H44BrCl4FN8O3S. The van der Waals surface area contributed by atoms with Gasteiger partial charge in [-0.2, -0.15) is 10.2 Å². The van der Waals surface area contributed by atoms with Gasteiger partial charge in [-0.05, 0) is 97.1 Å². The number of nitrogens with zero attached hydrogens (tertiary/aromatic N) is 6. The molecule has 0 aliphatic carbocycles. The van der Waals surface area contributed by atoms with E-state index in [1.54, 1.807) is 28.9 Å². The van der Waals surface area contributed by atoms with E-state index >= 15 is 0 Å². The van der Waals surface area contributed by atoms with Gasteiger partial charge in [-0.15, -0.1) is 0 Å². The molecule has 18 heteroatoms. The SMILES string of the molecule is CCc1c(C(=O)NN2CCCCC2)nn(-c2ccc(Cl)cc2Cl)c1-c1ccc(Br)cc1.O=S(=O)(NC(=NCCF)N1CC(c2ccccc2)C(c2ccc(Cl)cc2)=N1)c1ccc(Cl)cc1. The van der Waals surface area contributed by atoms with E-state index in [1.165, 1.54) is 35.7 Å². The van der Waals surface area contributed by atoms with Crippen LogP contribution in [0.2, 0.25) is 20.1 Å². The maximum atomic E-state index is 13.2. The summed E-state index contributed by atoms with van der Waals surface area (Å²) in [6.07, 6.45) is 4.02. The van der Waals surface area contributed by atoms with Crippen LogP contribution in [0.5, 0.6) is 0 Å². The first kappa shape index (κ1) is 48.1. The molecule has 0 spiro atoms. The van der Waals surface area contributed by atoms with Crippen LogP contribution >= 0.6 is 62.3 Å². The number of guanidine groups is 1. The molecule has 11 nitrogen and oxygen atoms in total. The van der Waals surface area contributed by atoms with Gasteiger partial charge in [0.15, 0.2) is 5.69 Å². The first-order valence-electron chi connectivity index (χ1n) is 20.8. The third kappa shape index (κ3) is 12.0. The van der Waals surface area contributed by atoms with Crippen molar-refractivity contribution < 1.29 is 17.6 Å². The van der Waals surface area contributed by atoms with E-state index in [4.69, 9.17) is 56.6 Å². The quantitative estimate of drug-likeness (QED) is 0.0984. The molecule has 2 aliphatic rings. The largest absolute Gasteiger partial charge is 0.286 e. The van der Waals surface area contributed by atoms with Crippen molar-refractivity contribution in [1.29, 1.82) is 0 Å². The number of hydrazine groups is 1. The molecule has 2 aliphatic heterocycles. The highest BCUT2D eigenvalue weighted by Crippen LogP contribution is 2.35. The van der Waals surface area contributed by atoms with Gasteiger partial charge in [0.2, 0.25) is 5.96 Å². The summed E-state index contributed by atoms with van der Waals surface area (Å²) >= 11 is 28.1. The van der Waals surface area contributed by atoms with Crippen molar-refractivity contribution in [2.75, 3.05) is 32.9 Å². The lowest BCUT2D eigenvalue weighted by Gasteiger charge is -2.26. The zero-order chi connectivity index (χ0) is 46.1. The summed E-state index contributed by atoms with van der Waals surface area (Å²) in [4.78, 5) is 17.4. The number of rotatable bonds is 11. The Hall–Kier alpha value is -4.80. The molecule has 0 bridgehead atoms. The molecule has 0 radical (unpaired) electrons. The molecule has 1 saturated heterocycles. The van der Waals surface area contributed by atoms with E-state index in [2.05, 4.69) is 31.1 Å². The van der Waals surface area contributed by atoms with Crippen LogP contribution < -0.4 is 10.1 Å². The Morgan fingerprint density at radius 3 is 2.09 bits per heavy atom. The number of benzene rings is 5. The van der Waals surface area contributed by atoms with E-state index in [0.717, 1.165) is 64.1 Å². The fraction of sp³-hybridized carbons (Fsp3) is 0.234. The van der Waals surface area contributed by atoms with Crippen LogP contribution in [-0.2, 0) is 16.4 Å². The lowest BCUT2D eigenvalue weighted by atomic mass is 9.91. The van der Waals surface area contributed by atoms with E-state index < -0.39 is 16.7 Å². The van der Waals surface area contributed by atoms with Gasteiger partial charge >= 0.3 is 0 Å². The minimum atomic E-state index is -4.00. The van der Waals surface area contributed by atoms with Crippen molar-refractivity contribution in [3.63, 3.8) is 0 Å². The number of aliphatic imine (C=N–C) groups is 1. The monoisotopic (exact) mass is 1040 g/mol. The summed E-state index contributed by atoms with van der Waals surface area (Å²) < 4.78 is 44.2. The Bertz CT molecular complexity index is 2770. The van der Waals surface area contributed by atoms with Gasteiger partial charge in [-0.1, -0.05) is 130 Å². The molecule has 6 aromatic rings. The number of hydrogen-bond donors (Lipinski definition) is 2. The van der Waals surface area contributed by atoms with Crippen molar-refractivity contribution in [1.82, 2.24) is 29.9 Å².